The number of amides is 1. The fraction of sp³-hybridized carbons (Fsp3) is 0.480. The predicted octanol–water partition coefficient (Wildman–Crippen LogP) is 2.77. The van der Waals surface area contributed by atoms with Crippen LogP contribution in [-0.2, 0) is 26.1 Å². The van der Waals surface area contributed by atoms with Crippen LogP contribution in [0.5, 0.6) is 5.75 Å². The van der Waals surface area contributed by atoms with Crippen LogP contribution in [0.1, 0.15) is 18.4 Å². The minimum absolute atomic E-state index is 0.0149. The zero-order chi connectivity index (χ0) is 24.7. The molecule has 8 nitrogen and oxygen atoms in total. The van der Waals surface area contributed by atoms with Crippen molar-refractivity contribution in [1.82, 2.24) is 14.5 Å². The lowest BCUT2D eigenvalue weighted by Crippen LogP contribution is -2.41. The van der Waals surface area contributed by atoms with Gasteiger partial charge in [-0.15, -0.1) is 0 Å². The monoisotopic (exact) mass is 521 g/mol. The van der Waals surface area contributed by atoms with Crippen LogP contribution >= 0.6 is 11.6 Å². The molecule has 1 amide bonds. The van der Waals surface area contributed by atoms with Gasteiger partial charge >= 0.3 is 0 Å². The number of sulfonamides is 1. The Morgan fingerprint density at radius 3 is 2.31 bits per heavy atom. The van der Waals surface area contributed by atoms with E-state index in [2.05, 4.69) is 10.2 Å². The SMILES string of the molecule is O=C(NCCOc1ccc(S(=O)(=O)N2CCOCC2)cc1)C1CCN(Cc2ccc(Cl)cc2)CC1. The first-order chi connectivity index (χ1) is 16.9. The number of nitrogens with one attached hydrogen (secondary N) is 1. The summed E-state index contributed by atoms with van der Waals surface area (Å²) < 4.78 is 37.7. The van der Waals surface area contributed by atoms with Gasteiger partial charge in [-0.25, -0.2) is 8.42 Å². The summed E-state index contributed by atoms with van der Waals surface area (Å²) in [6.07, 6.45) is 1.67. The molecule has 0 aromatic heterocycles. The summed E-state index contributed by atoms with van der Waals surface area (Å²) in [4.78, 5) is 15.1. The van der Waals surface area contributed by atoms with Crippen molar-refractivity contribution in [3.63, 3.8) is 0 Å². The molecule has 2 saturated heterocycles. The lowest BCUT2D eigenvalue weighted by Gasteiger charge is -2.31. The third kappa shape index (κ3) is 7.17. The van der Waals surface area contributed by atoms with Crippen LogP contribution in [0.3, 0.4) is 0 Å². The Balaban J connectivity index is 1.15. The molecule has 0 aliphatic carbocycles. The summed E-state index contributed by atoms with van der Waals surface area (Å²) in [6.45, 7) is 4.90. The van der Waals surface area contributed by atoms with Crippen molar-refractivity contribution in [3.05, 3.63) is 59.1 Å². The van der Waals surface area contributed by atoms with Gasteiger partial charge in [0.15, 0.2) is 0 Å². The Kier molecular flexibility index (Phi) is 9.02. The van der Waals surface area contributed by atoms with Crippen molar-refractivity contribution < 1.29 is 22.7 Å². The normalized spacial score (nSPS) is 18.3. The molecule has 2 aliphatic heterocycles. The van der Waals surface area contributed by atoms with Gasteiger partial charge in [0.1, 0.15) is 12.4 Å². The van der Waals surface area contributed by atoms with Crippen LogP contribution in [-0.4, -0.2) is 76.1 Å². The molecule has 4 rings (SSSR count). The number of morpholine rings is 1. The largest absolute Gasteiger partial charge is 0.492 e. The summed E-state index contributed by atoms with van der Waals surface area (Å²) in [6, 6.07) is 14.3. The fourth-order valence-electron chi connectivity index (χ4n) is 4.33. The van der Waals surface area contributed by atoms with Gasteiger partial charge in [-0.3, -0.25) is 9.69 Å². The molecule has 1 N–H and O–H groups in total. The first kappa shape index (κ1) is 25.9. The third-order valence-corrected chi connectivity index (χ3v) is 8.54. The van der Waals surface area contributed by atoms with Crippen molar-refractivity contribution >= 4 is 27.5 Å². The van der Waals surface area contributed by atoms with Crippen LogP contribution < -0.4 is 10.1 Å². The van der Waals surface area contributed by atoms with E-state index in [1.165, 1.54) is 9.87 Å². The Morgan fingerprint density at radius 1 is 1.00 bits per heavy atom. The molecular weight excluding hydrogens is 490 g/mol. The van der Waals surface area contributed by atoms with Crippen LogP contribution in [0.25, 0.3) is 0 Å². The van der Waals surface area contributed by atoms with E-state index in [-0.39, 0.29) is 16.7 Å². The molecule has 10 heteroatoms. The Bertz CT molecular complexity index is 1070. The number of halogens is 1. The highest BCUT2D eigenvalue weighted by atomic mass is 35.5. The Hall–Kier alpha value is -2.17. The summed E-state index contributed by atoms with van der Waals surface area (Å²) in [5.41, 5.74) is 1.22. The van der Waals surface area contributed by atoms with Gasteiger partial charge in [0, 0.05) is 30.6 Å². The van der Waals surface area contributed by atoms with Gasteiger partial charge in [-0.05, 0) is 67.9 Å². The van der Waals surface area contributed by atoms with Crippen molar-refractivity contribution in [3.8, 4) is 5.75 Å². The minimum Gasteiger partial charge on any atom is -0.492 e. The molecule has 2 aromatic carbocycles. The highest BCUT2D eigenvalue weighted by molar-refractivity contribution is 7.89. The molecule has 0 unspecified atom stereocenters. The van der Waals surface area contributed by atoms with Gasteiger partial charge in [-0.2, -0.15) is 4.31 Å². The fourth-order valence-corrected chi connectivity index (χ4v) is 5.87. The number of hydrogen-bond donors (Lipinski definition) is 1. The topological polar surface area (TPSA) is 88.2 Å². The van der Waals surface area contributed by atoms with Crippen molar-refractivity contribution in [2.75, 3.05) is 52.5 Å². The van der Waals surface area contributed by atoms with Crippen molar-refractivity contribution in [2.45, 2.75) is 24.3 Å². The molecule has 0 radical (unpaired) electrons. The maximum absolute atomic E-state index is 12.7. The maximum Gasteiger partial charge on any atom is 0.243 e. The van der Waals surface area contributed by atoms with E-state index in [1.807, 2.05) is 24.3 Å². The molecule has 0 spiro atoms. The highest BCUT2D eigenvalue weighted by Gasteiger charge is 2.26. The molecule has 0 saturated carbocycles. The van der Waals surface area contributed by atoms with Crippen LogP contribution in [0.2, 0.25) is 5.02 Å². The molecule has 35 heavy (non-hydrogen) atoms. The second-order valence-corrected chi connectivity index (χ2v) is 11.2. The molecule has 0 bridgehead atoms. The van der Waals surface area contributed by atoms with Crippen LogP contribution in [0, 0.1) is 5.92 Å². The number of carbonyl (C=O) groups excluding carboxylic acids is 1. The lowest BCUT2D eigenvalue weighted by molar-refractivity contribution is -0.126. The summed E-state index contributed by atoms with van der Waals surface area (Å²) >= 11 is 5.95. The summed E-state index contributed by atoms with van der Waals surface area (Å²) in [5.74, 6) is 0.642. The zero-order valence-corrected chi connectivity index (χ0v) is 21.3. The molecule has 2 heterocycles. The lowest BCUT2D eigenvalue weighted by atomic mass is 9.95. The van der Waals surface area contributed by atoms with E-state index < -0.39 is 10.0 Å². The van der Waals surface area contributed by atoms with E-state index in [9.17, 15) is 13.2 Å². The Morgan fingerprint density at radius 2 is 1.66 bits per heavy atom. The summed E-state index contributed by atoms with van der Waals surface area (Å²) in [5, 5.41) is 3.70. The van der Waals surface area contributed by atoms with Crippen molar-refractivity contribution in [1.29, 1.82) is 0 Å². The highest BCUT2D eigenvalue weighted by Crippen LogP contribution is 2.21. The smallest absolute Gasteiger partial charge is 0.243 e. The second kappa shape index (κ2) is 12.2. The minimum atomic E-state index is -3.52. The quantitative estimate of drug-likeness (QED) is 0.510. The van der Waals surface area contributed by atoms with E-state index >= 15 is 0 Å². The molecule has 2 fully saturated rings. The molecule has 190 valence electrons. The average molecular weight is 522 g/mol. The Labute approximate surface area is 212 Å². The van der Waals surface area contributed by atoms with Gasteiger partial charge in [0.05, 0.1) is 24.7 Å². The van der Waals surface area contributed by atoms with Crippen LogP contribution in [0.4, 0.5) is 0 Å². The predicted molar refractivity (Wildman–Crippen MR) is 134 cm³/mol. The van der Waals surface area contributed by atoms with E-state index in [1.54, 1.807) is 24.3 Å². The van der Waals surface area contributed by atoms with Gasteiger partial charge in [0.2, 0.25) is 15.9 Å². The number of nitrogens with zero attached hydrogens (tertiary/aromatic N) is 2. The summed E-state index contributed by atoms with van der Waals surface area (Å²) in [7, 11) is -3.52. The second-order valence-electron chi connectivity index (χ2n) is 8.80. The number of carbonyl (C=O) groups is 1. The zero-order valence-electron chi connectivity index (χ0n) is 19.7. The van der Waals surface area contributed by atoms with Crippen LogP contribution in [0.15, 0.2) is 53.4 Å². The standard InChI is InChI=1S/C25H32ClN3O5S/c26-22-3-1-20(2-4-22)19-28-12-9-21(10-13-28)25(30)27-11-16-34-23-5-7-24(8-6-23)35(31,32)29-14-17-33-18-15-29/h1-8,21H,9-19H2,(H,27,30). The molecule has 0 atom stereocenters. The first-order valence-corrected chi connectivity index (χ1v) is 13.8. The van der Waals surface area contributed by atoms with E-state index in [0.717, 1.165) is 37.5 Å². The van der Waals surface area contributed by atoms with Crippen molar-refractivity contribution in [2.24, 2.45) is 5.92 Å². The maximum atomic E-state index is 12.7. The molecular formula is C25H32ClN3O5S. The first-order valence-electron chi connectivity index (χ1n) is 12.0. The number of benzene rings is 2. The van der Waals surface area contributed by atoms with E-state index in [0.29, 0.717) is 45.2 Å². The van der Waals surface area contributed by atoms with Gasteiger partial charge < -0.3 is 14.8 Å². The molecule has 2 aromatic rings. The van der Waals surface area contributed by atoms with E-state index in [4.69, 9.17) is 21.1 Å². The molecule has 2 aliphatic rings. The number of rotatable bonds is 9. The van der Waals surface area contributed by atoms with Gasteiger partial charge in [0.25, 0.3) is 0 Å². The third-order valence-electron chi connectivity index (χ3n) is 6.38. The average Bonchev–Trinajstić information content (AvgIpc) is 2.89. The number of piperidine rings is 1. The van der Waals surface area contributed by atoms with Gasteiger partial charge in [-0.1, -0.05) is 23.7 Å². The number of hydrogen-bond acceptors (Lipinski definition) is 6. The number of likely N-dealkylation sites (tertiary alicyclic amines) is 1. The number of ether oxygens (including phenoxy) is 2.